The number of halogens is 1. The first-order chi connectivity index (χ1) is 31.2. The topological polar surface area (TPSA) is 102 Å². The highest BCUT2D eigenvalue weighted by Crippen LogP contribution is 2.38. The quantitative estimate of drug-likeness (QED) is 0.0361. The van der Waals surface area contributed by atoms with Gasteiger partial charge in [0.25, 0.3) is 0 Å². The molecule has 8 heteroatoms. The van der Waals surface area contributed by atoms with Crippen LogP contribution in [0.2, 0.25) is 0 Å². The Morgan fingerprint density at radius 1 is 0.585 bits per heavy atom. The first-order valence-electron chi connectivity index (χ1n) is 23.1. The highest BCUT2D eigenvalue weighted by Gasteiger charge is 2.24. The van der Waals surface area contributed by atoms with Crippen molar-refractivity contribution in [2.75, 3.05) is 33.0 Å². The number of aliphatic hydroxyl groups excluding tert-OH is 2. The second-order valence-corrected chi connectivity index (χ2v) is 17.5. The molecule has 0 bridgehead atoms. The van der Waals surface area contributed by atoms with Crippen molar-refractivity contribution in [1.82, 2.24) is 0 Å². The highest BCUT2D eigenvalue weighted by atomic mass is 19.1. The van der Waals surface area contributed by atoms with Gasteiger partial charge in [0.2, 0.25) is 0 Å². The summed E-state index contributed by atoms with van der Waals surface area (Å²) in [6.07, 6.45) is 6.19. The maximum atomic E-state index is 15.9. The monoisotopic (exact) mass is 882 g/mol. The summed E-state index contributed by atoms with van der Waals surface area (Å²) in [7, 11) is 0. The third kappa shape index (κ3) is 13.4. The lowest BCUT2D eigenvalue weighted by molar-refractivity contribution is -0.139. The van der Waals surface area contributed by atoms with Crippen molar-refractivity contribution >= 4 is 11.9 Å². The van der Waals surface area contributed by atoms with Crippen LogP contribution < -0.4 is 4.74 Å². The third-order valence-corrected chi connectivity index (χ3v) is 12.0. The van der Waals surface area contributed by atoms with E-state index in [0.717, 1.165) is 86.9 Å². The van der Waals surface area contributed by atoms with Gasteiger partial charge in [0.1, 0.15) is 11.6 Å². The molecule has 5 aromatic carbocycles. The summed E-state index contributed by atoms with van der Waals surface area (Å²) in [5.41, 5.74) is 12.8. The largest absolute Gasteiger partial charge is 0.493 e. The van der Waals surface area contributed by atoms with Crippen LogP contribution in [0, 0.1) is 11.2 Å². The van der Waals surface area contributed by atoms with Crippen molar-refractivity contribution in [3.63, 3.8) is 0 Å². The summed E-state index contributed by atoms with van der Waals surface area (Å²) in [6, 6.07) is 31.0. The molecular weight excluding hydrogens is 816 g/mol. The van der Waals surface area contributed by atoms with Crippen LogP contribution in [0.25, 0.3) is 44.5 Å². The third-order valence-electron chi connectivity index (χ3n) is 12.0. The number of benzene rings is 5. The molecule has 0 unspecified atom stereocenters. The van der Waals surface area contributed by atoms with E-state index in [-0.39, 0.29) is 38.9 Å². The predicted octanol–water partition coefficient (Wildman–Crippen LogP) is 12.4. The molecule has 0 saturated heterocycles. The standard InChI is InChI=1S/C57H67FO7/c1-9-14-40-17-19-43(20-18-40)46-23-26-52(53(58)35-46)51-25-22-45(32-42(51)11-3)44-21-24-50(41(10-2)31-44)49-33-47(15-12-28-64-55(61)38(4)5)54(63-30-27-57(8,36-59)37-60)48(34-49)16-13-29-65-56(62)39(6)7/h17-26,31-35,59-60H,4,6,9-16,27-30,36-37H2,1-3,5,7-8H3. The van der Waals surface area contributed by atoms with Crippen LogP contribution in [0.1, 0.15) is 95.0 Å². The van der Waals surface area contributed by atoms with Crippen molar-refractivity contribution in [2.45, 2.75) is 99.3 Å². The van der Waals surface area contributed by atoms with E-state index in [4.69, 9.17) is 14.2 Å². The lowest BCUT2D eigenvalue weighted by atomic mass is 9.88. The van der Waals surface area contributed by atoms with Crippen molar-refractivity contribution in [3.05, 3.63) is 149 Å². The number of hydrogen-bond donors (Lipinski definition) is 2. The fraction of sp³-hybridized carbons (Fsp3) is 0.368. The van der Waals surface area contributed by atoms with Gasteiger partial charge >= 0.3 is 11.9 Å². The Morgan fingerprint density at radius 2 is 1.05 bits per heavy atom. The molecule has 7 nitrogen and oxygen atoms in total. The number of carbonyl (C=O) groups excluding carboxylic acids is 2. The van der Waals surface area contributed by atoms with Crippen molar-refractivity contribution in [3.8, 4) is 50.3 Å². The summed E-state index contributed by atoms with van der Waals surface area (Å²) >= 11 is 0. The zero-order chi connectivity index (χ0) is 47.1. The molecule has 344 valence electrons. The molecule has 5 aromatic rings. The lowest BCUT2D eigenvalue weighted by Crippen LogP contribution is -2.28. The summed E-state index contributed by atoms with van der Waals surface area (Å²) in [5.74, 6) is -0.430. The molecule has 0 aliphatic carbocycles. The van der Waals surface area contributed by atoms with Crippen LogP contribution in [0.15, 0.2) is 115 Å². The Balaban J connectivity index is 1.50. The number of ether oxygens (including phenoxy) is 3. The number of hydrogen-bond acceptors (Lipinski definition) is 7. The van der Waals surface area contributed by atoms with Crippen LogP contribution in [-0.2, 0) is 51.2 Å². The van der Waals surface area contributed by atoms with Gasteiger partial charge in [0, 0.05) is 22.1 Å². The van der Waals surface area contributed by atoms with Gasteiger partial charge in [-0.15, -0.1) is 0 Å². The van der Waals surface area contributed by atoms with Crippen LogP contribution in [0.5, 0.6) is 5.75 Å². The SMILES string of the molecule is C=C(C)C(=O)OCCCc1cc(-c2ccc(-c3ccc(-c4ccc(-c5ccc(CCC)cc5)cc4F)c(CC)c3)cc2CC)cc(CCCOC(=O)C(=C)C)c1OCCC(C)(CO)CO. The summed E-state index contributed by atoms with van der Waals surface area (Å²) < 4.78 is 33.4. The first-order valence-corrected chi connectivity index (χ1v) is 23.1. The predicted molar refractivity (Wildman–Crippen MR) is 261 cm³/mol. The van der Waals surface area contributed by atoms with E-state index >= 15 is 4.39 Å². The van der Waals surface area contributed by atoms with E-state index < -0.39 is 17.4 Å². The minimum Gasteiger partial charge on any atom is -0.493 e. The molecule has 5 rings (SSSR count). The molecule has 2 N–H and O–H groups in total. The minimum absolute atomic E-state index is 0.186. The Kier molecular flexibility index (Phi) is 18.5. The smallest absolute Gasteiger partial charge is 0.333 e. The highest BCUT2D eigenvalue weighted by molar-refractivity contribution is 5.87. The molecule has 0 aliphatic heterocycles. The Bertz CT molecular complexity index is 2390. The van der Waals surface area contributed by atoms with Gasteiger partial charge in [0.05, 0.1) is 33.0 Å². The maximum absolute atomic E-state index is 15.9. The van der Waals surface area contributed by atoms with Gasteiger partial charge in [-0.1, -0.05) is 120 Å². The fourth-order valence-corrected chi connectivity index (χ4v) is 7.92. The molecule has 0 amide bonds. The van der Waals surface area contributed by atoms with Gasteiger partial charge in [-0.2, -0.15) is 0 Å². The number of rotatable bonds is 24. The molecule has 0 heterocycles. The van der Waals surface area contributed by atoms with Crippen LogP contribution >= 0.6 is 0 Å². The second-order valence-electron chi connectivity index (χ2n) is 17.5. The average molecular weight is 883 g/mol. The van der Waals surface area contributed by atoms with Crippen molar-refractivity contribution < 1.29 is 38.4 Å². The van der Waals surface area contributed by atoms with Crippen LogP contribution in [0.4, 0.5) is 4.39 Å². The van der Waals surface area contributed by atoms with Gasteiger partial charge in [-0.05, 0) is 150 Å². The number of aliphatic hydroxyl groups is 2. The summed E-state index contributed by atoms with van der Waals surface area (Å²) in [6.45, 7) is 19.1. The zero-order valence-electron chi connectivity index (χ0n) is 39.3. The van der Waals surface area contributed by atoms with Gasteiger partial charge < -0.3 is 24.4 Å². The zero-order valence-corrected chi connectivity index (χ0v) is 39.3. The molecule has 0 radical (unpaired) electrons. The molecule has 0 aliphatic rings. The summed E-state index contributed by atoms with van der Waals surface area (Å²) in [4.78, 5) is 24.4. The van der Waals surface area contributed by atoms with Gasteiger partial charge in [0.15, 0.2) is 0 Å². The first kappa shape index (κ1) is 50.2. The van der Waals surface area contributed by atoms with Crippen molar-refractivity contribution in [2.24, 2.45) is 5.41 Å². The maximum Gasteiger partial charge on any atom is 0.333 e. The summed E-state index contributed by atoms with van der Waals surface area (Å²) in [5, 5.41) is 20.0. The van der Waals surface area contributed by atoms with E-state index in [0.29, 0.717) is 54.6 Å². The Hall–Kier alpha value is -5.83. The molecule has 0 aromatic heterocycles. The second kappa shape index (κ2) is 23.9. The molecule has 0 saturated carbocycles. The minimum atomic E-state index is -0.715. The molecule has 0 fully saturated rings. The van der Waals surface area contributed by atoms with E-state index in [1.54, 1.807) is 19.9 Å². The molecule has 0 spiro atoms. The average Bonchev–Trinajstić information content (AvgIpc) is 3.31. The number of esters is 2. The number of aryl methyl sites for hydroxylation is 5. The normalized spacial score (nSPS) is 11.3. The fourth-order valence-electron chi connectivity index (χ4n) is 7.92. The van der Waals surface area contributed by atoms with Gasteiger partial charge in [-0.3, -0.25) is 0 Å². The molecule has 65 heavy (non-hydrogen) atoms. The van der Waals surface area contributed by atoms with E-state index in [1.165, 1.54) is 5.56 Å². The van der Waals surface area contributed by atoms with Crippen LogP contribution in [0.3, 0.4) is 0 Å². The van der Waals surface area contributed by atoms with Crippen molar-refractivity contribution in [1.29, 1.82) is 0 Å². The Morgan fingerprint density at radius 3 is 1.52 bits per heavy atom. The molecular formula is C57H67FO7. The lowest BCUT2D eigenvalue weighted by Gasteiger charge is -2.26. The Labute approximate surface area is 386 Å². The van der Waals surface area contributed by atoms with Crippen LogP contribution in [-0.4, -0.2) is 55.2 Å². The van der Waals surface area contributed by atoms with E-state index in [2.05, 4.69) is 101 Å². The van der Waals surface area contributed by atoms with Gasteiger partial charge in [-0.25, -0.2) is 14.0 Å². The van der Waals surface area contributed by atoms with E-state index in [9.17, 15) is 19.8 Å². The van der Waals surface area contributed by atoms with E-state index in [1.807, 2.05) is 25.1 Å². The number of carbonyl (C=O) groups is 2. The molecule has 0 atom stereocenters.